The molecule has 4 rings (SSSR count). The summed E-state index contributed by atoms with van der Waals surface area (Å²) < 4.78 is 7.51. The molecular weight excluding hydrogens is 330 g/mol. The van der Waals surface area contributed by atoms with E-state index in [0.717, 1.165) is 29.9 Å². The molecule has 1 saturated carbocycles. The van der Waals surface area contributed by atoms with Crippen LogP contribution in [0.5, 0.6) is 0 Å². The van der Waals surface area contributed by atoms with E-state index < -0.39 is 0 Å². The summed E-state index contributed by atoms with van der Waals surface area (Å²) in [5, 5.41) is 4.11. The second-order valence-corrected chi connectivity index (χ2v) is 6.94. The fourth-order valence-electron chi connectivity index (χ4n) is 3.15. The number of imidazole rings is 1. The molecule has 7 nitrogen and oxygen atoms in total. The average Bonchev–Trinajstić information content (AvgIpc) is 3.08. The van der Waals surface area contributed by atoms with Gasteiger partial charge in [0.2, 0.25) is 17.6 Å². The second-order valence-electron chi connectivity index (χ2n) is 6.94. The lowest BCUT2D eigenvalue weighted by molar-refractivity contribution is -0.130. The van der Waals surface area contributed by atoms with Crippen LogP contribution in [0.1, 0.15) is 29.6 Å². The Balaban J connectivity index is 1.51. The van der Waals surface area contributed by atoms with E-state index in [1.165, 1.54) is 0 Å². The topological polar surface area (TPSA) is 77.0 Å². The third kappa shape index (κ3) is 3.12. The quantitative estimate of drug-likeness (QED) is 0.706. The van der Waals surface area contributed by atoms with Gasteiger partial charge in [-0.2, -0.15) is 4.98 Å². The van der Waals surface area contributed by atoms with Crippen LogP contribution in [0.25, 0.3) is 11.4 Å². The molecule has 0 unspecified atom stereocenters. The van der Waals surface area contributed by atoms with Crippen LogP contribution in [-0.2, 0) is 11.3 Å². The van der Waals surface area contributed by atoms with Crippen LogP contribution in [-0.4, -0.2) is 44.6 Å². The fraction of sp³-hybridized carbons (Fsp3) is 0.368. The predicted octanol–water partition coefficient (Wildman–Crippen LogP) is 2.48. The highest BCUT2D eigenvalue weighted by Crippen LogP contribution is 2.47. The molecule has 0 saturated heterocycles. The van der Waals surface area contributed by atoms with Crippen molar-refractivity contribution in [3.63, 3.8) is 0 Å². The van der Waals surface area contributed by atoms with E-state index in [0.29, 0.717) is 11.7 Å². The van der Waals surface area contributed by atoms with Gasteiger partial charge in [-0.3, -0.25) is 4.79 Å². The normalized spacial score (nSPS) is 18.7. The molecule has 1 aliphatic rings. The number of aromatic nitrogens is 4. The molecule has 2 aromatic heterocycles. The van der Waals surface area contributed by atoms with E-state index in [4.69, 9.17) is 4.52 Å². The third-order valence-corrected chi connectivity index (χ3v) is 4.77. The summed E-state index contributed by atoms with van der Waals surface area (Å²) >= 11 is 0. The van der Waals surface area contributed by atoms with Crippen molar-refractivity contribution in [1.82, 2.24) is 24.6 Å². The molecule has 1 fully saturated rings. The highest BCUT2D eigenvalue weighted by Gasteiger charge is 2.48. The van der Waals surface area contributed by atoms with Crippen LogP contribution in [0.4, 0.5) is 0 Å². The van der Waals surface area contributed by atoms with Gasteiger partial charge < -0.3 is 14.0 Å². The number of nitrogens with zero attached hydrogens (tertiary/aromatic N) is 5. The largest absolute Gasteiger partial charge is 0.349 e. The maximum Gasteiger partial charge on any atom is 0.230 e. The van der Waals surface area contributed by atoms with E-state index >= 15 is 0 Å². The number of benzene rings is 1. The van der Waals surface area contributed by atoms with Crippen molar-refractivity contribution in [2.45, 2.75) is 25.8 Å². The number of hydrogen-bond donors (Lipinski definition) is 0. The standard InChI is InChI=1S/C19H21N5O2/c1-12-20-7-8-24(12)11-13-5-4-6-14(9-13)17-21-18(26-22-17)15-10-16(15)19(25)23(2)3/h4-9,15-16H,10-11H2,1-3H3/t15-,16+/m0/s1. The molecule has 3 aromatic rings. The van der Waals surface area contributed by atoms with Gasteiger partial charge in [0.05, 0.1) is 11.8 Å². The monoisotopic (exact) mass is 351 g/mol. The maximum atomic E-state index is 12.0. The van der Waals surface area contributed by atoms with E-state index in [2.05, 4.69) is 31.8 Å². The zero-order valence-corrected chi connectivity index (χ0v) is 15.1. The number of aryl methyl sites for hydroxylation is 1. The molecule has 1 aromatic carbocycles. The van der Waals surface area contributed by atoms with Gasteiger partial charge in [0.15, 0.2) is 0 Å². The Labute approximate surface area is 151 Å². The van der Waals surface area contributed by atoms with Gasteiger partial charge >= 0.3 is 0 Å². The van der Waals surface area contributed by atoms with Crippen molar-refractivity contribution in [2.75, 3.05) is 14.1 Å². The summed E-state index contributed by atoms with van der Waals surface area (Å²) in [6, 6.07) is 8.08. The molecule has 7 heteroatoms. The highest BCUT2D eigenvalue weighted by atomic mass is 16.5. The van der Waals surface area contributed by atoms with Gasteiger partial charge in [-0.25, -0.2) is 4.98 Å². The van der Waals surface area contributed by atoms with E-state index in [-0.39, 0.29) is 17.7 Å². The van der Waals surface area contributed by atoms with Crippen molar-refractivity contribution < 1.29 is 9.32 Å². The van der Waals surface area contributed by atoms with Crippen LogP contribution in [0.15, 0.2) is 41.2 Å². The van der Waals surface area contributed by atoms with Crippen molar-refractivity contribution in [3.8, 4) is 11.4 Å². The van der Waals surface area contributed by atoms with Gasteiger partial charge in [-0.1, -0.05) is 23.4 Å². The smallest absolute Gasteiger partial charge is 0.230 e. The van der Waals surface area contributed by atoms with Crippen LogP contribution in [0.2, 0.25) is 0 Å². The third-order valence-electron chi connectivity index (χ3n) is 4.77. The first kappa shape index (κ1) is 16.5. The van der Waals surface area contributed by atoms with Crippen LogP contribution in [0, 0.1) is 12.8 Å². The number of carbonyl (C=O) groups is 1. The van der Waals surface area contributed by atoms with Crippen LogP contribution >= 0.6 is 0 Å². The maximum absolute atomic E-state index is 12.0. The number of amides is 1. The van der Waals surface area contributed by atoms with Gasteiger partial charge in [0.25, 0.3) is 0 Å². The lowest BCUT2D eigenvalue weighted by Crippen LogP contribution is -2.23. The fourth-order valence-corrected chi connectivity index (χ4v) is 3.15. The summed E-state index contributed by atoms with van der Waals surface area (Å²) in [5.74, 6) is 2.22. The Hall–Kier alpha value is -2.96. The highest BCUT2D eigenvalue weighted by molar-refractivity contribution is 5.82. The molecule has 1 aliphatic carbocycles. The van der Waals surface area contributed by atoms with Crippen LogP contribution < -0.4 is 0 Å². The number of hydrogen-bond acceptors (Lipinski definition) is 5. The Kier molecular flexibility index (Phi) is 4.06. The Morgan fingerprint density at radius 1 is 1.38 bits per heavy atom. The van der Waals surface area contributed by atoms with Gasteiger partial charge in [0, 0.05) is 38.6 Å². The molecule has 0 radical (unpaired) electrons. The molecular formula is C19H21N5O2. The lowest BCUT2D eigenvalue weighted by atomic mass is 10.1. The van der Waals surface area contributed by atoms with Gasteiger partial charge in [-0.15, -0.1) is 0 Å². The zero-order valence-electron chi connectivity index (χ0n) is 15.1. The molecule has 0 aliphatic heterocycles. The first-order chi connectivity index (χ1) is 12.5. The summed E-state index contributed by atoms with van der Waals surface area (Å²) in [5.41, 5.74) is 2.05. The van der Waals surface area contributed by atoms with Crippen molar-refractivity contribution >= 4 is 5.91 Å². The molecule has 0 N–H and O–H groups in total. The van der Waals surface area contributed by atoms with E-state index in [1.807, 2.05) is 25.3 Å². The molecule has 134 valence electrons. The number of carbonyl (C=O) groups excluding carboxylic acids is 1. The minimum absolute atomic E-state index is 0.0335. The SMILES string of the molecule is Cc1nccn1Cc1cccc(-c2noc([C@H]3C[C@H]3C(=O)N(C)C)n2)c1. The van der Waals surface area contributed by atoms with Crippen molar-refractivity contribution in [2.24, 2.45) is 5.92 Å². The van der Waals surface area contributed by atoms with Crippen LogP contribution in [0.3, 0.4) is 0 Å². The molecule has 0 spiro atoms. The molecule has 2 heterocycles. The Morgan fingerprint density at radius 3 is 2.96 bits per heavy atom. The minimum Gasteiger partial charge on any atom is -0.349 e. The van der Waals surface area contributed by atoms with E-state index in [9.17, 15) is 4.79 Å². The molecule has 2 atom stereocenters. The molecule has 26 heavy (non-hydrogen) atoms. The number of rotatable bonds is 5. The Morgan fingerprint density at radius 2 is 2.23 bits per heavy atom. The van der Waals surface area contributed by atoms with Crippen molar-refractivity contribution in [3.05, 3.63) is 53.9 Å². The lowest BCUT2D eigenvalue weighted by Gasteiger charge is -2.08. The predicted molar refractivity (Wildman–Crippen MR) is 95.3 cm³/mol. The average molecular weight is 351 g/mol. The first-order valence-electron chi connectivity index (χ1n) is 8.64. The molecule has 1 amide bonds. The van der Waals surface area contributed by atoms with Gasteiger partial charge in [-0.05, 0) is 25.0 Å². The van der Waals surface area contributed by atoms with Gasteiger partial charge in [0.1, 0.15) is 5.82 Å². The summed E-state index contributed by atoms with van der Waals surface area (Å²) in [4.78, 5) is 22.4. The Bertz CT molecular complexity index is 943. The summed E-state index contributed by atoms with van der Waals surface area (Å²) in [7, 11) is 3.54. The first-order valence-corrected chi connectivity index (χ1v) is 8.64. The minimum atomic E-state index is -0.0335. The van der Waals surface area contributed by atoms with Crippen molar-refractivity contribution in [1.29, 1.82) is 0 Å². The summed E-state index contributed by atoms with van der Waals surface area (Å²) in [6.07, 6.45) is 4.54. The second kappa shape index (κ2) is 6.40. The summed E-state index contributed by atoms with van der Waals surface area (Å²) in [6.45, 7) is 2.73. The molecule has 0 bridgehead atoms. The zero-order chi connectivity index (χ0) is 18.3. The van der Waals surface area contributed by atoms with E-state index in [1.54, 1.807) is 25.2 Å².